The Morgan fingerprint density at radius 3 is 2.71 bits per heavy atom. The summed E-state index contributed by atoms with van der Waals surface area (Å²) in [5.41, 5.74) is -0.386. The number of methoxy groups -OCH3 is 1. The van der Waals surface area contributed by atoms with Crippen LogP contribution >= 0.6 is 7.60 Å². The molecule has 0 radical (unpaired) electrons. The minimum atomic E-state index is -4.55. The van der Waals surface area contributed by atoms with E-state index in [0.29, 0.717) is 0 Å². The second-order valence-electron chi connectivity index (χ2n) is 2.55. The normalized spacial score (nSPS) is 14.0. The van der Waals surface area contributed by atoms with Crippen molar-refractivity contribution in [2.75, 3.05) is 7.11 Å². The van der Waals surface area contributed by atoms with Crippen LogP contribution in [0.4, 0.5) is 4.39 Å². The third kappa shape index (κ3) is 2.36. The lowest BCUT2D eigenvalue weighted by molar-refractivity contribution is 0.131. The van der Waals surface area contributed by atoms with E-state index >= 15 is 0 Å². The second-order valence-corrected chi connectivity index (χ2v) is 4.19. The maximum absolute atomic E-state index is 13.1. The van der Waals surface area contributed by atoms with Gasteiger partial charge in [-0.15, -0.1) is 0 Å². The van der Waals surface area contributed by atoms with Gasteiger partial charge in [-0.25, -0.2) is 4.39 Å². The quantitative estimate of drug-likeness (QED) is 0.745. The lowest BCUT2D eigenvalue weighted by Crippen LogP contribution is -2.06. The van der Waals surface area contributed by atoms with Gasteiger partial charge in [0, 0.05) is 13.3 Å². The monoisotopic (exact) mass is 221 g/mol. The van der Waals surface area contributed by atoms with Crippen LogP contribution in [0.15, 0.2) is 18.3 Å². The summed E-state index contributed by atoms with van der Waals surface area (Å²) < 4.78 is 28.5. The first-order valence-electron chi connectivity index (χ1n) is 3.65. The predicted molar refractivity (Wildman–Crippen MR) is 46.0 cm³/mol. The van der Waals surface area contributed by atoms with Crippen LogP contribution in [-0.2, 0) is 9.30 Å². The summed E-state index contributed by atoms with van der Waals surface area (Å²) >= 11 is 0. The molecule has 0 bridgehead atoms. The molecule has 0 amide bonds. The molecular weight excluding hydrogens is 212 g/mol. The fourth-order valence-corrected chi connectivity index (χ4v) is 1.77. The highest BCUT2D eigenvalue weighted by molar-refractivity contribution is 7.51. The molecule has 1 atom stereocenters. The topological polar surface area (TPSA) is 79.7 Å². The molecule has 0 fully saturated rings. The summed E-state index contributed by atoms with van der Waals surface area (Å²) in [6.07, 6.45) is 1.24. The van der Waals surface area contributed by atoms with Gasteiger partial charge in [-0.1, -0.05) is 0 Å². The van der Waals surface area contributed by atoms with Gasteiger partial charge in [-0.3, -0.25) is 9.55 Å². The number of pyridine rings is 1. The van der Waals surface area contributed by atoms with Crippen LogP contribution in [0.25, 0.3) is 0 Å². The van der Waals surface area contributed by atoms with Crippen molar-refractivity contribution < 1.29 is 23.5 Å². The third-order valence-electron chi connectivity index (χ3n) is 1.55. The Balaban J connectivity index is 3.14. The first kappa shape index (κ1) is 11.3. The molecule has 1 rings (SSSR count). The van der Waals surface area contributed by atoms with E-state index in [4.69, 9.17) is 9.79 Å². The highest BCUT2D eigenvalue weighted by Gasteiger charge is 2.33. The molecular formula is C7H9FNO4P. The second kappa shape index (κ2) is 4.14. The fraction of sp³-hybridized carbons (Fsp3) is 0.286. The number of ether oxygens (including phenoxy) is 1. The Hall–Kier alpha value is -0.810. The molecule has 2 N–H and O–H groups in total. The average Bonchev–Trinajstić information content (AvgIpc) is 2.07. The first-order chi connectivity index (χ1) is 6.46. The van der Waals surface area contributed by atoms with E-state index in [9.17, 15) is 8.96 Å². The van der Waals surface area contributed by atoms with Gasteiger partial charge in [0.1, 0.15) is 11.5 Å². The van der Waals surface area contributed by atoms with Crippen molar-refractivity contribution in [3.8, 4) is 0 Å². The van der Waals surface area contributed by atoms with Crippen molar-refractivity contribution in [3.63, 3.8) is 0 Å². The summed E-state index contributed by atoms with van der Waals surface area (Å²) in [6, 6.07) is 2.38. The van der Waals surface area contributed by atoms with Gasteiger partial charge in [0.25, 0.3) is 0 Å². The van der Waals surface area contributed by atoms with E-state index in [0.717, 1.165) is 13.2 Å². The van der Waals surface area contributed by atoms with Gasteiger partial charge in [0.05, 0.1) is 0 Å². The van der Waals surface area contributed by atoms with E-state index in [1.54, 1.807) is 0 Å². The molecule has 0 aromatic carbocycles. The number of aromatic nitrogens is 1. The lowest BCUT2D eigenvalue weighted by Gasteiger charge is -2.16. The summed E-state index contributed by atoms with van der Waals surface area (Å²) in [5.74, 6) is -2.45. The Bertz CT molecular complexity index is 366. The molecule has 0 aliphatic rings. The van der Waals surface area contributed by atoms with E-state index < -0.39 is 19.3 Å². The number of halogens is 1. The summed E-state index contributed by atoms with van der Waals surface area (Å²) in [5, 5.41) is 0. The maximum Gasteiger partial charge on any atom is 0.360 e. The summed E-state index contributed by atoms with van der Waals surface area (Å²) in [4.78, 5) is 21.2. The van der Waals surface area contributed by atoms with Crippen molar-refractivity contribution >= 4 is 7.60 Å². The zero-order valence-corrected chi connectivity index (χ0v) is 8.19. The van der Waals surface area contributed by atoms with Gasteiger partial charge in [0.15, 0.2) is 0 Å². The molecule has 1 heterocycles. The van der Waals surface area contributed by atoms with Crippen molar-refractivity contribution in [2.24, 2.45) is 0 Å². The van der Waals surface area contributed by atoms with Gasteiger partial charge >= 0.3 is 7.60 Å². The van der Waals surface area contributed by atoms with Crippen LogP contribution in [0, 0.1) is 5.82 Å². The van der Waals surface area contributed by atoms with Crippen LogP contribution in [0.2, 0.25) is 0 Å². The van der Waals surface area contributed by atoms with E-state index in [1.165, 1.54) is 12.3 Å². The van der Waals surface area contributed by atoms with Crippen LogP contribution in [-0.4, -0.2) is 21.9 Å². The van der Waals surface area contributed by atoms with Crippen molar-refractivity contribution in [1.29, 1.82) is 0 Å². The molecule has 0 spiro atoms. The summed E-state index contributed by atoms with van der Waals surface area (Å²) in [6.45, 7) is 0. The number of rotatable bonds is 3. The number of hydrogen-bond acceptors (Lipinski definition) is 3. The molecule has 0 saturated carbocycles. The van der Waals surface area contributed by atoms with Gasteiger partial charge < -0.3 is 14.5 Å². The smallest absolute Gasteiger partial charge is 0.360 e. The Morgan fingerprint density at radius 2 is 2.29 bits per heavy atom. The zero-order valence-electron chi connectivity index (χ0n) is 7.29. The highest BCUT2D eigenvalue weighted by Crippen LogP contribution is 2.51. The third-order valence-corrected chi connectivity index (χ3v) is 2.62. The molecule has 5 nitrogen and oxygen atoms in total. The molecule has 1 aromatic heterocycles. The maximum atomic E-state index is 13.1. The summed E-state index contributed by atoms with van der Waals surface area (Å²) in [7, 11) is -3.47. The Labute approximate surface area is 79.7 Å². The zero-order chi connectivity index (χ0) is 10.8. The van der Waals surface area contributed by atoms with E-state index in [-0.39, 0.29) is 5.69 Å². The van der Waals surface area contributed by atoms with E-state index in [2.05, 4.69) is 9.72 Å². The largest absolute Gasteiger partial charge is 0.363 e. The molecule has 0 aliphatic heterocycles. The molecule has 78 valence electrons. The van der Waals surface area contributed by atoms with E-state index in [1.807, 2.05) is 0 Å². The molecule has 0 aliphatic carbocycles. The minimum Gasteiger partial charge on any atom is -0.363 e. The van der Waals surface area contributed by atoms with Crippen molar-refractivity contribution in [2.45, 2.75) is 5.85 Å². The Kier molecular flexibility index (Phi) is 3.34. The predicted octanol–water partition coefficient (Wildman–Crippen LogP) is 1.04. The first-order valence-corrected chi connectivity index (χ1v) is 5.33. The minimum absolute atomic E-state index is 0.386. The lowest BCUT2D eigenvalue weighted by atomic mass is 10.3. The molecule has 1 aromatic rings. The average molecular weight is 221 g/mol. The van der Waals surface area contributed by atoms with Crippen LogP contribution < -0.4 is 0 Å². The van der Waals surface area contributed by atoms with Crippen LogP contribution in [0.5, 0.6) is 0 Å². The molecule has 7 heteroatoms. The highest BCUT2D eigenvalue weighted by atomic mass is 31.2. The van der Waals surface area contributed by atoms with Crippen LogP contribution in [0.1, 0.15) is 11.5 Å². The van der Waals surface area contributed by atoms with Gasteiger partial charge in [-0.05, 0) is 12.1 Å². The molecule has 1 unspecified atom stereocenters. The van der Waals surface area contributed by atoms with Crippen molar-refractivity contribution in [1.82, 2.24) is 4.98 Å². The number of nitrogens with zero attached hydrogens (tertiary/aromatic N) is 1. The molecule has 0 saturated heterocycles. The van der Waals surface area contributed by atoms with Crippen LogP contribution in [0.3, 0.4) is 0 Å². The van der Waals surface area contributed by atoms with Crippen molar-refractivity contribution in [3.05, 3.63) is 29.8 Å². The number of hydrogen-bond donors (Lipinski definition) is 2. The molecule has 14 heavy (non-hydrogen) atoms. The standard InChI is InChI=1S/C7H9FNO4P/c1-13-7(14(10,11)12)6-5(8)3-2-4-9-6/h2-4,7H,1H3,(H2,10,11,12). The van der Waals surface area contributed by atoms with Gasteiger partial charge in [-0.2, -0.15) is 0 Å². The fourth-order valence-electron chi connectivity index (χ4n) is 0.988. The SMILES string of the molecule is COC(c1ncccc1F)P(=O)(O)O. The Morgan fingerprint density at radius 1 is 1.64 bits per heavy atom. The van der Waals surface area contributed by atoms with Gasteiger partial charge in [0.2, 0.25) is 5.85 Å².